The molecule has 0 saturated heterocycles. The highest BCUT2D eigenvalue weighted by Crippen LogP contribution is 2.20. The molecule has 0 aliphatic heterocycles. The van der Waals surface area contributed by atoms with Crippen molar-refractivity contribution in [3.05, 3.63) is 89.0 Å². The van der Waals surface area contributed by atoms with E-state index in [1.165, 1.54) is 7.11 Å². The molecule has 28 heavy (non-hydrogen) atoms. The summed E-state index contributed by atoms with van der Waals surface area (Å²) in [5, 5.41) is 6.15. The van der Waals surface area contributed by atoms with Crippen molar-refractivity contribution in [1.29, 1.82) is 0 Å². The van der Waals surface area contributed by atoms with Crippen molar-refractivity contribution in [1.82, 2.24) is 0 Å². The van der Waals surface area contributed by atoms with Gasteiger partial charge in [-0.3, -0.25) is 4.79 Å². The van der Waals surface area contributed by atoms with E-state index in [1.807, 2.05) is 68.4 Å². The van der Waals surface area contributed by atoms with Gasteiger partial charge in [0.05, 0.1) is 12.7 Å². The summed E-state index contributed by atoms with van der Waals surface area (Å²) in [6.07, 6.45) is 0. The van der Waals surface area contributed by atoms with Crippen LogP contribution in [0.1, 0.15) is 31.8 Å². The number of esters is 1. The van der Waals surface area contributed by atoms with Gasteiger partial charge in [-0.15, -0.1) is 0 Å². The van der Waals surface area contributed by atoms with Gasteiger partial charge in [0.1, 0.15) is 0 Å². The van der Waals surface area contributed by atoms with Crippen LogP contribution in [-0.4, -0.2) is 19.0 Å². The van der Waals surface area contributed by atoms with Crippen LogP contribution >= 0.6 is 0 Å². The number of nitrogens with one attached hydrogen (secondary N) is 2. The first-order valence-electron chi connectivity index (χ1n) is 8.90. The highest BCUT2D eigenvalue weighted by Gasteiger charge is 2.08. The first-order chi connectivity index (χ1) is 13.5. The van der Waals surface area contributed by atoms with Crippen LogP contribution < -0.4 is 10.6 Å². The first kappa shape index (κ1) is 19.2. The Labute approximate surface area is 164 Å². The Bertz CT molecular complexity index is 993. The van der Waals surface area contributed by atoms with E-state index >= 15 is 0 Å². The number of hydrogen-bond donors (Lipinski definition) is 2. The number of methoxy groups -OCH3 is 1. The first-order valence-corrected chi connectivity index (χ1v) is 8.90. The Morgan fingerprint density at radius 1 is 0.714 bits per heavy atom. The molecule has 0 aliphatic carbocycles. The lowest BCUT2D eigenvalue weighted by atomic mass is 10.1. The number of benzene rings is 3. The number of anilines is 3. The maximum Gasteiger partial charge on any atom is 0.337 e. The van der Waals surface area contributed by atoms with Crippen LogP contribution in [-0.2, 0) is 4.74 Å². The van der Waals surface area contributed by atoms with E-state index in [0.717, 1.165) is 28.2 Å². The smallest absolute Gasteiger partial charge is 0.337 e. The Hall–Kier alpha value is -3.60. The molecule has 0 aliphatic rings. The van der Waals surface area contributed by atoms with Crippen LogP contribution in [0.3, 0.4) is 0 Å². The van der Waals surface area contributed by atoms with Crippen LogP contribution in [0.4, 0.5) is 17.1 Å². The standard InChI is InChI=1S/C23H22N2O3/c1-15-4-5-18(14-16(15)2)22(26)25-21-12-10-20(11-13-21)24-19-8-6-17(7-9-19)23(27)28-3/h4-14,24H,1-3H3,(H,25,26). The van der Waals surface area contributed by atoms with E-state index in [0.29, 0.717) is 11.1 Å². The van der Waals surface area contributed by atoms with Crippen LogP contribution in [0.2, 0.25) is 0 Å². The summed E-state index contributed by atoms with van der Waals surface area (Å²) >= 11 is 0. The van der Waals surface area contributed by atoms with Crippen molar-refractivity contribution in [2.24, 2.45) is 0 Å². The zero-order valence-electron chi connectivity index (χ0n) is 16.1. The van der Waals surface area contributed by atoms with Crippen molar-refractivity contribution in [2.45, 2.75) is 13.8 Å². The molecule has 0 saturated carbocycles. The average Bonchev–Trinajstić information content (AvgIpc) is 2.71. The van der Waals surface area contributed by atoms with Crippen LogP contribution in [0, 0.1) is 13.8 Å². The van der Waals surface area contributed by atoms with E-state index in [2.05, 4.69) is 15.4 Å². The monoisotopic (exact) mass is 374 g/mol. The highest BCUT2D eigenvalue weighted by atomic mass is 16.5. The molecule has 142 valence electrons. The summed E-state index contributed by atoms with van der Waals surface area (Å²) in [5.74, 6) is -0.502. The third-order valence-corrected chi connectivity index (χ3v) is 4.51. The molecule has 0 radical (unpaired) electrons. The van der Waals surface area contributed by atoms with E-state index in [9.17, 15) is 9.59 Å². The molecule has 5 nitrogen and oxygen atoms in total. The van der Waals surface area contributed by atoms with Crippen LogP contribution in [0.15, 0.2) is 66.7 Å². The number of hydrogen-bond acceptors (Lipinski definition) is 4. The minimum Gasteiger partial charge on any atom is -0.465 e. The molecule has 0 bridgehead atoms. The van der Waals surface area contributed by atoms with Gasteiger partial charge in [0.15, 0.2) is 0 Å². The van der Waals surface area contributed by atoms with Gasteiger partial charge in [-0.25, -0.2) is 4.79 Å². The fourth-order valence-corrected chi connectivity index (χ4v) is 2.70. The summed E-state index contributed by atoms with van der Waals surface area (Å²) in [7, 11) is 1.36. The predicted molar refractivity (Wildman–Crippen MR) is 111 cm³/mol. The molecule has 3 aromatic carbocycles. The van der Waals surface area contributed by atoms with Crippen molar-refractivity contribution in [2.75, 3.05) is 17.7 Å². The maximum absolute atomic E-state index is 12.4. The summed E-state index contributed by atoms with van der Waals surface area (Å²) in [6, 6.07) is 20.1. The quantitative estimate of drug-likeness (QED) is 0.611. The van der Waals surface area contributed by atoms with Gasteiger partial charge in [0.25, 0.3) is 5.91 Å². The number of amides is 1. The lowest BCUT2D eigenvalue weighted by Crippen LogP contribution is -2.12. The molecular formula is C23H22N2O3. The van der Waals surface area contributed by atoms with Crippen LogP contribution in [0.5, 0.6) is 0 Å². The lowest BCUT2D eigenvalue weighted by Gasteiger charge is -2.10. The van der Waals surface area contributed by atoms with Crippen molar-refractivity contribution in [3.8, 4) is 0 Å². The Morgan fingerprint density at radius 3 is 1.82 bits per heavy atom. The SMILES string of the molecule is COC(=O)c1ccc(Nc2ccc(NC(=O)c3ccc(C)c(C)c3)cc2)cc1. The highest BCUT2D eigenvalue weighted by molar-refractivity contribution is 6.04. The molecular weight excluding hydrogens is 352 g/mol. The van der Waals surface area contributed by atoms with E-state index in [1.54, 1.807) is 12.1 Å². The Balaban J connectivity index is 1.63. The molecule has 3 rings (SSSR count). The summed E-state index contributed by atoms with van der Waals surface area (Å²) in [5.41, 5.74) is 5.81. The second-order valence-corrected chi connectivity index (χ2v) is 6.52. The number of rotatable bonds is 5. The van der Waals surface area contributed by atoms with Gasteiger partial charge in [0.2, 0.25) is 0 Å². The zero-order chi connectivity index (χ0) is 20.1. The van der Waals surface area contributed by atoms with Gasteiger partial charge in [-0.05, 0) is 85.6 Å². The molecule has 2 N–H and O–H groups in total. The number of carbonyl (C=O) groups excluding carboxylic acids is 2. The fourth-order valence-electron chi connectivity index (χ4n) is 2.70. The van der Waals surface area contributed by atoms with Crippen molar-refractivity contribution in [3.63, 3.8) is 0 Å². The Kier molecular flexibility index (Phi) is 5.75. The van der Waals surface area contributed by atoms with Gasteiger partial charge < -0.3 is 15.4 Å². The molecule has 0 aromatic heterocycles. The summed E-state index contributed by atoms with van der Waals surface area (Å²) < 4.78 is 4.69. The van der Waals surface area contributed by atoms with Gasteiger partial charge >= 0.3 is 5.97 Å². The molecule has 0 spiro atoms. The van der Waals surface area contributed by atoms with E-state index < -0.39 is 0 Å². The molecule has 1 amide bonds. The van der Waals surface area contributed by atoms with E-state index in [4.69, 9.17) is 0 Å². The Morgan fingerprint density at radius 2 is 1.25 bits per heavy atom. The normalized spacial score (nSPS) is 10.2. The second kappa shape index (κ2) is 8.39. The molecule has 5 heteroatoms. The largest absolute Gasteiger partial charge is 0.465 e. The molecule has 0 fully saturated rings. The molecule has 0 unspecified atom stereocenters. The summed E-state index contributed by atoms with van der Waals surface area (Å²) in [6.45, 7) is 4.01. The van der Waals surface area contributed by atoms with Gasteiger partial charge in [0, 0.05) is 22.6 Å². The van der Waals surface area contributed by atoms with Gasteiger partial charge in [-0.1, -0.05) is 6.07 Å². The third kappa shape index (κ3) is 4.57. The fraction of sp³-hybridized carbons (Fsp3) is 0.130. The summed E-state index contributed by atoms with van der Waals surface area (Å²) in [4.78, 5) is 23.9. The maximum atomic E-state index is 12.4. The topological polar surface area (TPSA) is 67.4 Å². The predicted octanol–water partition coefficient (Wildman–Crippen LogP) is 5.09. The molecule has 0 atom stereocenters. The number of carbonyl (C=O) groups is 2. The van der Waals surface area contributed by atoms with Crippen molar-refractivity contribution >= 4 is 28.9 Å². The number of aryl methyl sites for hydroxylation is 2. The molecule has 3 aromatic rings. The second-order valence-electron chi connectivity index (χ2n) is 6.52. The zero-order valence-corrected chi connectivity index (χ0v) is 16.1. The lowest BCUT2D eigenvalue weighted by molar-refractivity contribution is 0.0600. The third-order valence-electron chi connectivity index (χ3n) is 4.51. The molecule has 0 heterocycles. The average molecular weight is 374 g/mol. The minimum atomic E-state index is -0.365. The van der Waals surface area contributed by atoms with Crippen molar-refractivity contribution < 1.29 is 14.3 Å². The van der Waals surface area contributed by atoms with E-state index in [-0.39, 0.29) is 11.9 Å². The minimum absolute atomic E-state index is 0.137. The van der Waals surface area contributed by atoms with Gasteiger partial charge in [-0.2, -0.15) is 0 Å². The van der Waals surface area contributed by atoms with Crippen LogP contribution in [0.25, 0.3) is 0 Å². The number of ether oxygens (including phenoxy) is 1.